The van der Waals surface area contributed by atoms with Crippen LogP contribution in [0, 0.1) is 11.8 Å². The molecule has 0 N–H and O–H groups in total. The molecule has 1 fully saturated rings. The largest absolute Gasteiger partial charge is 0.434 e. The van der Waals surface area contributed by atoms with Crippen molar-refractivity contribution in [2.45, 2.75) is 25.1 Å². The number of carbonyl (C=O) groups excluding carboxylic acids is 2. The number of ether oxygens (including phenoxy) is 1. The Morgan fingerprint density at radius 2 is 2.38 bits per heavy atom. The van der Waals surface area contributed by atoms with E-state index < -0.39 is 4.87 Å². The smallest absolute Gasteiger partial charge is 0.307 e. The first-order chi connectivity index (χ1) is 7.43. The van der Waals surface area contributed by atoms with E-state index in [1.807, 2.05) is 12.2 Å². The molecule has 0 bridgehead atoms. The van der Waals surface area contributed by atoms with Crippen LogP contribution in [0.1, 0.15) is 20.3 Å². The molecule has 4 heteroatoms. The van der Waals surface area contributed by atoms with Gasteiger partial charge in [-0.15, -0.1) is 11.6 Å². The number of hydrogen-bond donors (Lipinski definition) is 0. The fraction of sp³-hybridized carbons (Fsp3) is 0.500. The zero-order chi connectivity index (χ0) is 11.9. The highest BCUT2D eigenvalue weighted by Gasteiger charge is 2.52. The van der Waals surface area contributed by atoms with Gasteiger partial charge in [0.05, 0.1) is 6.26 Å². The third-order valence-corrected chi connectivity index (χ3v) is 3.76. The molecule has 0 amide bonds. The molecule has 3 atom stereocenters. The summed E-state index contributed by atoms with van der Waals surface area (Å²) in [5.74, 6) is -0.220. The van der Waals surface area contributed by atoms with Gasteiger partial charge < -0.3 is 4.74 Å². The van der Waals surface area contributed by atoms with Crippen molar-refractivity contribution in [1.82, 2.24) is 0 Å². The topological polar surface area (TPSA) is 43.4 Å². The van der Waals surface area contributed by atoms with Gasteiger partial charge in [0, 0.05) is 25.2 Å². The zero-order valence-electron chi connectivity index (χ0n) is 9.20. The first-order valence-corrected chi connectivity index (χ1v) is 5.58. The quantitative estimate of drug-likeness (QED) is 0.401. The monoisotopic (exact) mass is 240 g/mol. The van der Waals surface area contributed by atoms with Crippen LogP contribution in [0.15, 0.2) is 24.0 Å². The van der Waals surface area contributed by atoms with E-state index in [-0.39, 0.29) is 23.6 Å². The van der Waals surface area contributed by atoms with E-state index in [0.29, 0.717) is 6.42 Å². The average molecular weight is 241 g/mol. The molecule has 0 unspecified atom stereocenters. The Bertz CT molecular complexity index is 406. The minimum absolute atomic E-state index is 0.0171. The van der Waals surface area contributed by atoms with Crippen LogP contribution in [0.4, 0.5) is 0 Å². The molecule has 3 nitrogen and oxygen atoms in total. The lowest BCUT2D eigenvalue weighted by Crippen LogP contribution is -2.29. The molecule has 0 aromatic heterocycles. The normalized spacial score (nSPS) is 39.2. The van der Waals surface area contributed by atoms with Crippen molar-refractivity contribution in [1.29, 1.82) is 0 Å². The molecule has 86 valence electrons. The van der Waals surface area contributed by atoms with Gasteiger partial charge in [-0.05, 0) is 12.5 Å². The Kier molecular flexibility index (Phi) is 2.66. The van der Waals surface area contributed by atoms with Crippen molar-refractivity contribution in [3.05, 3.63) is 24.0 Å². The first kappa shape index (κ1) is 11.4. The highest BCUT2D eigenvalue weighted by Crippen LogP contribution is 2.49. The van der Waals surface area contributed by atoms with Crippen molar-refractivity contribution < 1.29 is 14.3 Å². The van der Waals surface area contributed by atoms with Gasteiger partial charge in [-0.2, -0.15) is 0 Å². The van der Waals surface area contributed by atoms with Crippen LogP contribution in [-0.4, -0.2) is 16.6 Å². The van der Waals surface area contributed by atoms with Crippen LogP contribution in [0.25, 0.3) is 0 Å². The summed E-state index contributed by atoms with van der Waals surface area (Å²) in [6, 6.07) is 0. The van der Waals surface area contributed by atoms with Gasteiger partial charge in [0.15, 0.2) is 5.78 Å². The van der Waals surface area contributed by atoms with Gasteiger partial charge in [-0.3, -0.25) is 9.59 Å². The van der Waals surface area contributed by atoms with E-state index in [1.54, 1.807) is 6.92 Å². The number of hydrogen-bond acceptors (Lipinski definition) is 3. The van der Waals surface area contributed by atoms with Crippen molar-refractivity contribution in [3.63, 3.8) is 0 Å². The molecule has 0 spiro atoms. The number of halogens is 1. The number of rotatable bonds is 1. The molecular formula is C12H13ClO3. The number of alkyl halides is 1. The predicted molar refractivity (Wildman–Crippen MR) is 59.9 cm³/mol. The fourth-order valence-corrected chi connectivity index (χ4v) is 2.65. The molecule has 2 aliphatic carbocycles. The minimum Gasteiger partial charge on any atom is -0.434 e. The van der Waals surface area contributed by atoms with Crippen LogP contribution in [0.5, 0.6) is 0 Å². The highest BCUT2D eigenvalue weighted by molar-refractivity contribution is 6.36. The first-order valence-electron chi connectivity index (χ1n) is 5.20. The second-order valence-corrected chi connectivity index (χ2v) is 5.21. The third kappa shape index (κ3) is 1.69. The summed E-state index contributed by atoms with van der Waals surface area (Å²) in [5, 5.41) is 0. The van der Waals surface area contributed by atoms with Crippen molar-refractivity contribution in [2.24, 2.45) is 11.8 Å². The molecule has 2 aliphatic rings. The van der Waals surface area contributed by atoms with E-state index in [1.165, 1.54) is 13.2 Å². The summed E-state index contributed by atoms with van der Waals surface area (Å²) in [6.45, 7) is 3.10. The highest BCUT2D eigenvalue weighted by atomic mass is 35.5. The molecule has 0 heterocycles. The number of allylic oxidation sites excluding steroid dienone is 3. The molecule has 16 heavy (non-hydrogen) atoms. The molecule has 0 aliphatic heterocycles. The maximum atomic E-state index is 11.7. The maximum Gasteiger partial charge on any atom is 0.307 e. The Morgan fingerprint density at radius 3 is 3.00 bits per heavy atom. The summed E-state index contributed by atoms with van der Waals surface area (Å²) in [4.78, 5) is 21.6. The predicted octanol–water partition coefficient (Wildman–Crippen LogP) is 2.21. The minimum atomic E-state index is -0.813. The van der Waals surface area contributed by atoms with Gasteiger partial charge in [0.25, 0.3) is 0 Å². The Hall–Kier alpha value is -1.09. The summed E-state index contributed by atoms with van der Waals surface area (Å²) in [7, 11) is 0. The van der Waals surface area contributed by atoms with E-state index >= 15 is 0 Å². The fourth-order valence-electron chi connectivity index (χ4n) is 2.35. The lowest BCUT2D eigenvalue weighted by molar-refractivity contribution is -0.135. The van der Waals surface area contributed by atoms with Crippen LogP contribution >= 0.6 is 11.6 Å². The lowest BCUT2D eigenvalue weighted by atomic mass is 9.91. The molecule has 2 rings (SSSR count). The van der Waals surface area contributed by atoms with Gasteiger partial charge in [-0.1, -0.05) is 12.2 Å². The van der Waals surface area contributed by atoms with Crippen molar-refractivity contribution in [2.75, 3.05) is 0 Å². The SMILES string of the molecule is CC(=O)O/C=C1\C=C[C@@H]2[C@H]1CC(=O)[C@]2(C)Cl. The van der Waals surface area contributed by atoms with Crippen LogP contribution in [0.3, 0.4) is 0 Å². The van der Waals surface area contributed by atoms with Gasteiger partial charge in [0.2, 0.25) is 0 Å². The van der Waals surface area contributed by atoms with Gasteiger partial charge in [-0.25, -0.2) is 0 Å². The lowest BCUT2D eigenvalue weighted by Gasteiger charge is -2.20. The van der Waals surface area contributed by atoms with Crippen LogP contribution in [-0.2, 0) is 14.3 Å². The van der Waals surface area contributed by atoms with E-state index in [0.717, 1.165) is 5.57 Å². The van der Waals surface area contributed by atoms with E-state index in [2.05, 4.69) is 0 Å². The molecule has 0 aromatic carbocycles. The Morgan fingerprint density at radius 1 is 1.69 bits per heavy atom. The Labute approximate surface area is 99.1 Å². The number of Topliss-reactive ketones (excluding diaryl/α,β-unsaturated/α-hetero) is 1. The third-order valence-electron chi connectivity index (χ3n) is 3.30. The van der Waals surface area contributed by atoms with E-state index in [9.17, 15) is 9.59 Å². The molecule has 0 saturated heterocycles. The molecule has 0 aromatic rings. The summed E-state index contributed by atoms with van der Waals surface area (Å²) in [6.07, 6.45) is 5.66. The number of carbonyl (C=O) groups is 2. The molecule has 1 saturated carbocycles. The second-order valence-electron chi connectivity index (χ2n) is 4.42. The van der Waals surface area contributed by atoms with Gasteiger partial charge in [0.1, 0.15) is 4.87 Å². The van der Waals surface area contributed by atoms with Crippen molar-refractivity contribution >= 4 is 23.4 Å². The Balaban J connectivity index is 2.20. The second kappa shape index (κ2) is 3.74. The average Bonchev–Trinajstić information content (AvgIpc) is 2.66. The standard InChI is InChI=1S/C12H13ClO3/c1-7(14)16-6-8-3-4-10-9(8)5-11(15)12(10,2)13/h3-4,6,9-10H,5H2,1-2H3/b8-6+/t9-,10+,12+/m0/s1. The maximum absolute atomic E-state index is 11.7. The summed E-state index contributed by atoms with van der Waals surface area (Å²) >= 11 is 6.21. The van der Waals surface area contributed by atoms with Gasteiger partial charge >= 0.3 is 5.97 Å². The zero-order valence-corrected chi connectivity index (χ0v) is 9.95. The number of esters is 1. The van der Waals surface area contributed by atoms with Crippen LogP contribution in [0.2, 0.25) is 0 Å². The summed E-state index contributed by atoms with van der Waals surface area (Å²) in [5.41, 5.74) is 0.873. The van der Waals surface area contributed by atoms with Crippen molar-refractivity contribution in [3.8, 4) is 0 Å². The summed E-state index contributed by atoms with van der Waals surface area (Å²) < 4.78 is 4.83. The number of ketones is 1. The number of fused-ring (bicyclic) bond motifs is 1. The van der Waals surface area contributed by atoms with Crippen LogP contribution < -0.4 is 0 Å². The molecular weight excluding hydrogens is 228 g/mol. The van der Waals surface area contributed by atoms with E-state index in [4.69, 9.17) is 16.3 Å². The molecule has 0 radical (unpaired) electrons.